The topological polar surface area (TPSA) is 216 Å². The van der Waals surface area contributed by atoms with Crippen LogP contribution < -0.4 is 14.5 Å². The Labute approximate surface area is 402 Å². The molecule has 2 N–H and O–H groups in total. The average molecular weight is 1010 g/mol. The van der Waals surface area contributed by atoms with Gasteiger partial charge in [0.15, 0.2) is 11.6 Å². The highest BCUT2D eigenvalue weighted by Gasteiger charge is 2.42. The minimum atomic E-state index is -4.76. The lowest BCUT2D eigenvalue weighted by Crippen LogP contribution is -2.25. The van der Waals surface area contributed by atoms with E-state index in [1.165, 1.54) is 66.0 Å². The number of aromatic carboxylic acids is 1. The van der Waals surface area contributed by atoms with Crippen LogP contribution in [0.25, 0.3) is 45.2 Å². The van der Waals surface area contributed by atoms with Crippen LogP contribution in [0.4, 0.5) is 43.7 Å². The van der Waals surface area contributed by atoms with Crippen molar-refractivity contribution in [3.8, 4) is 45.2 Å². The van der Waals surface area contributed by atoms with Crippen LogP contribution in [0.5, 0.6) is 0 Å². The van der Waals surface area contributed by atoms with E-state index < -0.39 is 64.4 Å². The van der Waals surface area contributed by atoms with E-state index >= 15 is 0 Å². The molecule has 0 radical (unpaired) electrons. The molecular weight excluding hydrogens is 975 g/mol. The zero-order chi connectivity index (χ0) is 51.0. The van der Waals surface area contributed by atoms with Crippen LogP contribution in [0.2, 0.25) is 0 Å². The van der Waals surface area contributed by atoms with E-state index in [4.69, 9.17) is 0 Å². The van der Waals surface area contributed by atoms with E-state index in [1.54, 1.807) is 40.4 Å². The first-order valence-corrected chi connectivity index (χ1v) is 23.3. The molecule has 0 fully saturated rings. The van der Waals surface area contributed by atoms with E-state index in [9.17, 15) is 54.3 Å². The number of carboxylic acid groups (broad SMARTS) is 1. The van der Waals surface area contributed by atoms with Gasteiger partial charge in [-0.25, -0.2) is 18.2 Å². The zero-order valence-corrected chi connectivity index (χ0v) is 38.1. The van der Waals surface area contributed by atoms with Crippen LogP contribution in [0.15, 0.2) is 110 Å². The number of anilines is 3. The first-order valence-electron chi connectivity index (χ1n) is 21.4. The second kappa shape index (κ2) is 17.3. The summed E-state index contributed by atoms with van der Waals surface area (Å²) in [7, 11) is -2.37. The van der Waals surface area contributed by atoms with Gasteiger partial charge in [-0.3, -0.25) is 23.9 Å². The van der Waals surface area contributed by atoms with Gasteiger partial charge >= 0.3 is 18.3 Å². The number of nitrogens with one attached hydrogen (secondary N) is 1. The first kappa shape index (κ1) is 47.0. The number of sulfonamides is 1. The van der Waals surface area contributed by atoms with Gasteiger partial charge in [0.25, 0.3) is 11.8 Å². The predicted octanol–water partition coefficient (Wildman–Crippen LogP) is 7.79. The minimum Gasteiger partial charge on any atom is -0.478 e. The molecule has 0 saturated heterocycles. The summed E-state index contributed by atoms with van der Waals surface area (Å²) in [5.41, 5.74) is -0.683. The Bertz CT molecular complexity index is 3660. The number of carbonyl (C=O) groups excluding carboxylic acids is 2. The predicted molar refractivity (Wildman–Crippen MR) is 246 cm³/mol. The zero-order valence-electron chi connectivity index (χ0n) is 37.3. The Hall–Kier alpha value is -8.74. The molecule has 18 nitrogen and oxygen atoms in total. The summed E-state index contributed by atoms with van der Waals surface area (Å²) >= 11 is 0. The monoisotopic (exact) mass is 1010 g/mol. The lowest BCUT2D eigenvalue weighted by molar-refractivity contribution is -0.139. The van der Waals surface area contributed by atoms with Crippen molar-refractivity contribution >= 4 is 45.1 Å². The molecule has 6 heterocycles. The number of carboxylic acids is 1. The van der Waals surface area contributed by atoms with E-state index in [1.807, 2.05) is 0 Å². The molecule has 10 rings (SSSR count). The van der Waals surface area contributed by atoms with Gasteiger partial charge in [-0.1, -0.05) is 36.4 Å². The molecule has 25 heteroatoms. The number of hydrogen-bond donors (Lipinski definition) is 2. The van der Waals surface area contributed by atoms with Gasteiger partial charge in [0.2, 0.25) is 10.0 Å². The Balaban J connectivity index is 0.961. The maximum Gasteiger partial charge on any atom is 0.416 e. The van der Waals surface area contributed by atoms with Gasteiger partial charge in [-0.05, 0) is 76.9 Å². The largest absolute Gasteiger partial charge is 0.478 e. The molecule has 0 atom stereocenters. The van der Waals surface area contributed by atoms with E-state index in [0.29, 0.717) is 33.8 Å². The van der Waals surface area contributed by atoms with Gasteiger partial charge in [-0.2, -0.15) is 31.4 Å². The summed E-state index contributed by atoms with van der Waals surface area (Å²) < 4.78 is 116. The fourth-order valence-electron chi connectivity index (χ4n) is 9.01. The van der Waals surface area contributed by atoms with Crippen molar-refractivity contribution < 1.29 is 54.3 Å². The molecule has 0 saturated carbocycles. The van der Waals surface area contributed by atoms with Crippen molar-refractivity contribution in [2.24, 2.45) is 7.05 Å². The first-order chi connectivity index (χ1) is 34.1. The number of nitrogens with zero attached hydrogens (tertiary/aromatic N) is 11. The van der Waals surface area contributed by atoms with Crippen molar-refractivity contribution in [2.75, 3.05) is 20.8 Å². The standard InChI is InChI=1S/C47H34F6N12O6S/c1-61-40(26-18-38(60-72(2,70)71)57-39(19-26)65-22-35-32(44(65)67)10-6-12-37(35)47(51,52)53)33(20-56-61)42-59-55-24-63(42)14-13-62-23-54-58-41(62)30-8-4-3-7-29(30)25-15-27(45(68)69)17-28(16-25)64-21-34-31(43(64)66)9-5-11-36(34)46(48,49)50/h3-12,15-20,23-24H,13-14,21-22H2,1-2H3,(H,57,60)(H,68,69). The number of halogens is 6. The van der Waals surface area contributed by atoms with Crippen LogP contribution in [-0.2, 0) is 55.6 Å². The molecule has 4 aromatic carbocycles. The maximum absolute atomic E-state index is 14.0. The Kier molecular flexibility index (Phi) is 11.3. The van der Waals surface area contributed by atoms with Crippen molar-refractivity contribution in [2.45, 2.75) is 38.5 Å². The van der Waals surface area contributed by atoms with E-state index in [2.05, 4.69) is 35.2 Å². The highest BCUT2D eigenvalue weighted by Crippen LogP contribution is 2.43. The van der Waals surface area contributed by atoms with Gasteiger partial charge in [0.1, 0.15) is 24.3 Å². The SMILES string of the molecule is Cn1ncc(-c2nncn2CCn2cnnc2-c2ccccc2-c2cc(C(=O)O)cc(N3Cc4c(cccc4C(F)(F)F)C3=O)c2)c1-c1cc(NS(C)(=O)=O)nc(N2Cc3c(cccc3C(F)(F)F)C2=O)c1. The van der Waals surface area contributed by atoms with Crippen molar-refractivity contribution in [3.63, 3.8) is 0 Å². The smallest absolute Gasteiger partial charge is 0.416 e. The quantitative estimate of drug-likeness (QED) is 0.112. The van der Waals surface area contributed by atoms with Crippen LogP contribution in [0.3, 0.4) is 0 Å². The van der Waals surface area contributed by atoms with Crippen molar-refractivity contribution in [1.82, 2.24) is 44.3 Å². The summed E-state index contributed by atoms with van der Waals surface area (Å²) in [6.45, 7) is -0.590. The molecule has 366 valence electrons. The fourth-order valence-corrected chi connectivity index (χ4v) is 9.50. The number of carbonyl (C=O) groups is 3. The summed E-state index contributed by atoms with van der Waals surface area (Å²) in [5, 5.41) is 31.6. The summed E-state index contributed by atoms with van der Waals surface area (Å²) in [4.78, 5) is 46.2. The molecule has 8 aromatic rings. The summed E-state index contributed by atoms with van der Waals surface area (Å²) in [5.74, 6) is -2.61. The minimum absolute atomic E-state index is 0.0610. The molecule has 72 heavy (non-hydrogen) atoms. The third kappa shape index (κ3) is 8.55. The van der Waals surface area contributed by atoms with E-state index in [0.717, 1.165) is 40.3 Å². The lowest BCUT2D eigenvalue weighted by Gasteiger charge is -2.19. The normalized spacial score (nSPS) is 13.8. The van der Waals surface area contributed by atoms with Gasteiger partial charge in [0.05, 0.1) is 53.5 Å². The van der Waals surface area contributed by atoms with Crippen molar-refractivity contribution in [3.05, 3.63) is 149 Å². The number of benzene rings is 4. The summed E-state index contributed by atoms with van der Waals surface area (Å²) in [6.07, 6.45) is -4.21. The Morgan fingerprint density at radius 3 is 1.83 bits per heavy atom. The van der Waals surface area contributed by atoms with Gasteiger partial charge < -0.3 is 19.1 Å². The number of aryl methyl sites for hydroxylation is 3. The van der Waals surface area contributed by atoms with Crippen molar-refractivity contribution in [1.29, 1.82) is 0 Å². The third-order valence-corrected chi connectivity index (χ3v) is 12.7. The molecule has 2 aliphatic rings. The molecule has 0 spiro atoms. The second-order valence-electron chi connectivity index (χ2n) is 16.8. The molecule has 0 unspecified atom stereocenters. The summed E-state index contributed by atoms with van der Waals surface area (Å²) in [6, 6.07) is 20.4. The number of hydrogen-bond acceptors (Lipinski definition) is 11. The third-order valence-electron chi connectivity index (χ3n) is 12.1. The average Bonchev–Trinajstić information content (AvgIpc) is 4.18. The Morgan fingerprint density at radius 2 is 1.25 bits per heavy atom. The van der Waals surface area contributed by atoms with Gasteiger partial charge in [0, 0.05) is 48.1 Å². The van der Waals surface area contributed by atoms with Crippen LogP contribution in [0, 0.1) is 0 Å². The number of pyridine rings is 1. The number of aromatic nitrogens is 9. The fraction of sp³-hybridized carbons (Fsp3) is 0.170. The molecule has 4 aromatic heterocycles. The highest BCUT2D eigenvalue weighted by molar-refractivity contribution is 7.92. The molecule has 0 aliphatic carbocycles. The molecule has 0 bridgehead atoms. The van der Waals surface area contributed by atoms with Crippen LogP contribution in [-0.4, -0.2) is 81.9 Å². The number of fused-ring (bicyclic) bond motifs is 2. The van der Waals surface area contributed by atoms with Crippen LogP contribution in [0.1, 0.15) is 53.3 Å². The lowest BCUT2D eigenvalue weighted by atomic mass is 9.96. The molecule has 2 amide bonds. The number of amides is 2. The molecular formula is C47H34F6N12O6S. The van der Waals surface area contributed by atoms with E-state index in [-0.39, 0.29) is 69.6 Å². The number of rotatable bonds is 12. The van der Waals surface area contributed by atoms with Gasteiger partial charge in [-0.15, -0.1) is 20.4 Å². The molecule has 2 aliphatic heterocycles. The van der Waals surface area contributed by atoms with Crippen LogP contribution >= 0.6 is 0 Å². The maximum atomic E-state index is 14.0. The Morgan fingerprint density at radius 1 is 0.694 bits per heavy atom. The highest BCUT2D eigenvalue weighted by atomic mass is 32.2. The number of alkyl halides is 6. The second-order valence-corrected chi connectivity index (χ2v) is 18.5.